The average Bonchev–Trinajstić information content (AvgIpc) is 2.61. The molecule has 3 nitrogen and oxygen atoms in total. The van der Waals surface area contributed by atoms with Gasteiger partial charge in [0, 0.05) is 34.9 Å². The molecule has 0 fully saturated rings. The summed E-state index contributed by atoms with van der Waals surface area (Å²) in [6.07, 6.45) is 0. The second-order valence-electron chi connectivity index (χ2n) is 5.13. The lowest BCUT2D eigenvalue weighted by Crippen LogP contribution is -2.32. The number of aromatic nitrogens is 2. The quantitative estimate of drug-likeness (QED) is 0.798. The summed E-state index contributed by atoms with van der Waals surface area (Å²) in [5, 5.41) is 1.98. The Labute approximate surface area is 111 Å². The zero-order chi connectivity index (χ0) is 12.3. The number of alkyl halides is 1. The van der Waals surface area contributed by atoms with Crippen LogP contribution in [0.3, 0.4) is 0 Å². The van der Waals surface area contributed by atoms with Gasteiger partial charge in [0.15, 0.2) is 0 Å². The fourth-order valence-electron chi connectivity index (χ4n) is 1.30. The van der Waals surface area contributed by atoms with Gasteiger partial charge in [0.2, 0.25) is 5.13 Å². The van der Waals surface area contributed by atoms with Crippen molar-refractivity contribution in [3.63, 3.8) is 0 Å². The lowest BCUT2D eigenvalue weighted by molar-refractivity contribution is 0.553. The first-order valence-corrected chi connectivity index (χ1v) is 7.42. The van der Waals surface area contributed by atoms with Crippen molar-refractivity contribution in [2.75, 3.05) is 16.8 Å². The number of nitrogens with zero attached hydrogens (tertiary/aromatic N) is 3. The molecular weight excluding hydrogens is 286 g/mol. The molecule has 0 spiro atoms. The summed E-state index contributed by atoms with van der Waals surface area (Å²) in [7, 11) is 0. The number of anilines is 1. The Morgan fingerprint density at radius 2 is 2.00 bits per heavy atom. The van der Waals surface area contributed by atoms with E-state index in [1.807, 2.05) is 0 Å². The van der Waals surface area contributed by atoms with Crippen molar-refractivity contribution in [2.45, 2.75) is 46.1 Å². The highest BCUT2D eigenvalue weighted by Crippen LogP contribution is 2.26. The standard InChI is InChI=1S/C11H20BrN3S/c1-8(2)15(7-6-12)10-13-9(14-16-10)11(3,4)5/h8H,6-7H2,1-5H3. The third-order valence-corrected chi connectivity index (χ3v) is 3.39. The van der Waals surface area contributed by atoms with Crippen molar-refractivity contribution in [1.29, 1.82) is 0 Å². The lowest BCUT2D eigenvalue weighted by Gasteiger charge is -2.24. The summed E-state index contributed by atoms with van der Waals surface area (Å²) in [6, 6.07) is 0.457. The first kappa shape index (κ1) is 13.9. The zero-order valence-corrected chi connectivity index (χ0v) is 13.0. The smallest absolute Gasteiger partial charge is 0.205 e. The van der Waals surface area contributed by atoms with Crippen molar-refractivity contribution in [1.82, 2.24) is 9.36 Å². The molecule has 0 atom stereocenters. The van der Waals surface area contributed by atoms with Crippen molar-refractivity contribution in [3.05, 3.63) is 5.82 Å². The van der Waals surface area contributed by atoms with Gasteiger partial charge in [-0.05, 0) is 13.8 Å². The minimum absolute atomic E-state index is 0.0335. The van der Waals surface area contributed by atoms with Gasteiger partial charge in [-0.15, -0.1) is 0 Å². The summed E-state index contributed by atoms with van der Waals surface area (Å²) < 4.78 is 4.45. The number of hydrogen-bond acceptors (Lipinski definition) is 4. The highest BCUT2D eigenvalue weighted by Gasteiger charge is 2.22. The van der Waals surface area contributed by atoms with E-state index in [-0.39, 0.29) is 5.41 Å². The highest BCUT2D eigenvalue weighted by atomic mass is 79.9. The van der Waals surface area contributed by atoms with Crippen LogP contribution in [0.5, 0.6) is 0 Å². The molecule has 92 valence electrons. The van der Waals surface area contributed by atoms with E-state index in [0.717, 1.165) is 22.8 Å². The highest BCUT2D eigenvalue weighted by molar-refractivity contribution is 9.09. The molecule has 0 aliphatic rings. The Kier molecular flexibility index (Phi) is 4.73. The van der Waals surface area contributed by atoms with Crippen LogP contribution in [0.25, 0.3) is 0 Å². The molecular formula is C11H20BrN3S. The summed E-state index contributed by atoms with van der Waals surface area (Å²) in [5.74, 6) is 0.938. The fourth-order valence-corrected chi connectivity index (χ4v) is 2.70. The molecule has 0 aliphatic carbocycles. The van der Waals surface area contributed by atoms with E-state index in [1.54, 1.807) is 0 Å². The lowest BCUT2D eigenvalue weighted by atomic mass is 9.96. The number of halogens is 1. The first-order chi connectivity index (χ1) is 7.36. The molecule has 0 amide bonds. The molecule has 0 unspecified atom stereocenters. The van der Waals surface area contributed by atoms with Crippen LogP contribution in [-0.2, 0) is 5.41 Å². The predicted octanol–water partition coefficient (Wildman–Crippen LogP) is 3.45. The van der Waals surface area contributed by atoms with Crippen LogP contribution >= 0.6 is 27.5 Å². The monoisotopic (exact) mass is 305 g/mol. The van der Waals surface area contributed by atoms with Crippen molar-refractivity contribution < 1.29 is 0 Å². The Morgan fingerprint density at radius 3 is 2.38 bits per heavy atom. The van der Waals surface area contributed by atoms with Crippen LogP contribution in [0.4, 0.5) is 5.13 Å². The SMILES string of the molecule is CC(C)N(CCBr)c1nc(C(C)(C)C)ns1. The zero-order valence-electron chi connectivity index (χ0n) is 10.6. The number of rotatable bonds is 4. The molecule has 16 heavy (non-hydrogen) atoms. The van der Waals surface area contributed by atoms with E-state index >= 15 is 0 Å². The second kappa shape index (κ2) is 5.45. The summed E-state index contributed by atoms with van der Waals surface area (Å²) >= 11 is 4.97. The molecule has 0 N–H and O–H groups in total. The van der Waals surface area contributed by atoms with E-state index in [4.69, 9.17) is 0 Å². The first-order valence-electron chi connectivity index (χ1n) is 5.53. The van der Waals surface area contributed by atoms with Gasteiger partial charge in [-0.25, -0.2) is 4.98 Å². The molecule has 5 heteroatoms. The van der Waals surface area contributed by atoms with Gasteiger partial charge in [0.25, 0.3) is 0 Å². The van der Waals surface area contributed by atoms with Gasteiger partial charge in [-0.3, -0.25) is 0 Å². The van der Waals surface area contributed by atoms with Gasteiger partial charge in [-0.1, -0.05) is 36.7 Å². The third kappa shape index (κ3) is 3.42. The van der Waals surface area contributed by atoms with Crippen LogP contribution in [0.15, 0.2) is 0 Å². The van der Waals surface area contributed by atoms with Gasteiger partial charge in [-0.2, -0.15) is 4.37 Å². The predicted molar refractivity (Wildman–Crippen MR) is 74.9 cm³/mol. The van der Waals surface area contributed by atoms with E-state index in [1.165, 1.54) is 11.5 Å². The normalized spacial score (nSPS) is 12.2. The molecule has 0 aromatic carbocycles. The van der Waals surface area contributed by atoms with Crippen LogP contribution in [0, 0.1) is 0 Å². The Balaban J connectivity index is 2.90. The maximum absolute atomic E-state index is 4.63. The van der Waals surface area contributed by atoms with Crippen molar-refractivity contribution in [2.24, 2.45) is 0 Å². The minimum Gasteiger partial charge on any atom is -0.344 e. The van der Waals surface area contributed by atoms with E-state index in [0.29, 0.717) is 6.04 Å². The summed E-state index contributed by atoms with van der Waals surface area (Å²) in [4.78, 5) is 6.91. The van der Waals surface area contributed by atoms with Crippen molar-refractivity contribution >= 4 is 32.6 Å². The third-order valence-electron chi connectivity index (χ3n) is 2.28. The molecule has 0 bridgehead atoms. The maximum atomic E-state index is 4.63. The molecule has 0 aliphatic heterocycles. The van der Waals surface area contributed by atoms with Crippen molar-refractivity contribution in [3.8, 4) is 0 Å². The molecule has 0 radical (unpaired) electrons. The largest absolute Gasteiger partial charge is 0.344 e. The summed E-state index contributed by atoms with van der Waals surface area (Å²) in [6.45, 7) is 11.8. The molecule has 1 aromatic heterocycles. The topological polar surface area (TPSA) is 29.0 Å². The number of hydrogen-bond donors (Lipinski definition) is 0. The maximum Gasteiger partial charge on any atom is 0.205 e. The molecule has 1 rings (SSSR count). The second-order valence-corrected chi connectivity index (χ2v) is 6.65. The van der Waals surface area contributed by atoms with E-state index in [9.17, 15) is 0 Å². The molecule has 1 aromatic rings. The Bertz CT molecular complexity index is 330. The fraction of sp³-hybridized carbons (Fsp3) is 0.818. The molecule has 1 heterocycles. The molecule has 0 saturated heterocycles. The van der Waals surface area contributed by atoms with E-state index < -0.39 is 0 Å². The van der Waals surface area contributed by atoms with Gasteiger partial charge >= 0.3 is 0 Å². The minimum atomic E-state index is 0.0335. The Morgan fingerprint density at radius 1 is 1.38 bits per heavy atom. The van der Waals surface area contributed by atoms with Crippen LogP contribution < -0.4 is 4.90 Å². The van der Waals surface area contributed by atoms with Gasteiger partial charge in [0.1, 0.15) is 5.82 Å². The van der Waals surface area contributed by atoms with Crippen LogP contribution in [0.1, 0.15) is 40.4 Å². The van der Waals surface area contributed by atoms with Crippen LogP contribution in [0.2, 0.25) is 0 Å². The summed E-state index contributed by atoms with van der Waals surface area (Å²) in [5.41, 5.74) is 0.0335. The molecule has 0 saturated carbocycles. The van der Waals surface area contributed by atoms with Gasteiger partial charge < -0.3 is 4.90 Å². The Hall–Kier alpha value is -0.160. The van der Waals surface area contributed by atoms with E-state index in [2.05, 4.69) is 64.8 Å². The van der Waals surface area contributed by atoms with Gasteiger partial charge in [0.05, 0.1) is 0 Å². The van der Waals surface area contributed by atoms with Crippen LogP contribution in [-0.4, -0.2) is 27.3 Å². The average molecular weight is 306 g/mol.